The van der Waals surface area contributed by atoms with Crippen LogP contribution in [0.4, 0.5) is 0 Å². The summed E-state index contributed by atoms with van der Waals surface area (Å²) in [6.07, 6.45) is 4.56. The molecule has 0 bridgehead atoms. The van der Waals surface area contributed by atoms with Crippen LogP contribution in [-0.2, 0) is 6.42 Å². The minimum atomic E-state index is -1.13. The van der Waals surface area contributed by atoms with E-state index < -0.39 is 5.60 Å². The molecule has 5 rings (SSSR count). The molecule has 2 aromatic rings. The number of amides is 1. The zero-order valence-electron chi connectivity index (χ0n) is 19.3. The Morgan fingerprint density at radius 1 is 1.26 bits per heavy atom. The highest BCUT2D eigenvalue weighted by molar-refractivity contribution is 6.30. The summed E-state index contributed by atoms with van der Waals surface area (Å²) in [6, 6.07) is 10.4. The third-order valence-electron chi connectivity index (χ3n) is 6.85. The first kappa shape index (κ1) is 23.3. The number of nitrogens with zero attached hydrogens (tertiary/aromatic N) is 1. The van der Waals surface area contributed by atoms with E-state index in [-0.39, 0.29) is 35.7 Å². The Bertz CT molecular complexity index is 1080. The van der Waals surface area contributed by atoms with Gasteiger partial charge in [-0.1, -0.05) is 11.6 Å². The number of β-amino-alcohol motifs (C(OH)–C–C–N with tert-alkyl or cyclic N) is 1. The molecule has 3 N–H and O–H groups in total. The van der Waals surface area contributed by atoms with E-state index >= 15 is 0 Å². The maximum atomic E-state index is 12.5. The Morgan fingerprint density at radius 2 is 2.03 bits per heavy atom. The largest absolute Gasteiger partial charge is 0.508 e. The third kappa shape index (κ3) is 5.27. The SMILES string of the molecule is C[C@](O)(COc1cc(O)ccc1C(=O)NC1CC1)CN1CCC2(CC1)Cc1cc(Cl)ccc1O2. The minimum Gasteiger partial charge on any atom is -0.508 e. The molecule has 1 saturated carbocycles. The summed E-state index contributed by atoms with van der Waals surface area (Å²) in [5.41, 5.74) is 0.192. The van der Waals surface area contributed by atoms with Crippen molar-refractivity contribution < 1.29 is 24.5 Å². The molecule has 2 aliphatic heterocycles. The topological polar surface area (TPSA) is 91.3 Å². The van der Waals surface area contributed by atoms with Gasteiger partial charge in [0, 0.05) is 56.0 Å². The van der Waals surface area contributed by atoms with Crippen LogP contribution in [0.3, 0.4) is 0 Å². The Hall–Kier alpha value is -2.48. The number of carbonyl (C=O) groups excluding carboxylic acids is 1. The highest BCUT2D eigenvalue weighted by Gasteiger charge is 2.43. The van der Waals surface area contributed by atoms with E-state index in [1.165, 1.54) is 12.1 Å². The number of ether oxygens (including phenoxy) is 2. The van der Waals surface area contributed by atoms with Crippen LogP contribution >= 0.6 is 11.6 Å². The zero-order chi connectivity index (χ0) is 23.9. The second-order valence-corrected chi connectivity index (χ2v) is 10.6. The molecule has 0 radical (unpaired) electrons. The second-order valence-electron chi connectivity index (χ2n) is 10.2. The number of carbonyl (C=O) groups is 1. The molecular weight excluding hydrogens is 456 g/mol. The lowest BCUT2D eigenvalue weighted by molar-refractivity contribution is -0.0431. The molecule has 3 aliphatic rings. The second kappa shape index (κ2) is 8.95. The summed E-state index contributed by atoms with van der Waals surface area (Å²) in [6.45, 7) is 3.78. The number of halogens is 1. The first-order valence-corrected chi connectivity index (χ1v) is 12.3. The standard InChI is InChI=1S/C26H31ClN2O5/c1-25(32,16-33-23-13-20(30)5-6-21(23)24(31)28-19-3-4-19)15-29-10-8-26(9-11-29)14-17-12-18(27)2-7-22(17)34-26/h2,5-7,12-13,19,30,32H,3-4,8-11,14-16H2,1H3,(H,28,31)/t25-/m1/s1. The lowest BCUT2D eigenvalue weighted by atomic mass is 9.86. The summed E-state index contributed by atoms with van der Waals surface area (Å²) in [4.78, 5) is 14.7. The van der Waals surface area contributed by atoms with Crippen molar-refractivity contribution in [3.63, 3.8) is 0 Å². The number of benzene rings is 2. The lowest BCUT2D eigenvalue weighted by Crippen LogP contribution is -2.52. The molecule has 1 saturated heterocycles. The number of rotatable bonds is 7. The first-order chi connectivity index (χ1) is 16.2. The van der Waals surface area contributed by atoms with E-state index in [1.54, 1.807) is 13.0 Å². The van der Waals surface area contributed by atoms with Crippen molar-refractivity contribution in [2.75, 3.05) is 26.2 Å². The van der Waals surface area contributed by atoms with Crippen LogP contribution in [0.15, 0.2) is 36.4 Å². The molecule has 1 atom stereocenters. The fourth-order valence-corrected chi connectivity index (χ4v) is 5.06. The van der Waals surface area contributed by atoms with Gasteiger partial charge in [-0.05, 0) is 55.7 Å². The summed E-state index contributed by atoms with van der Waals surface area (Å²) in [7, 11) is 0. The van der Waals surface area contributed by atoms with Crippen molar-refractivity contribution in [1.82, 2.24) is 10.2 Å². The van der Waals surface area contributed by atoms with E-state index in [9.17, 15) is 15.0 Å². The van der Waals surface area contributed by atoms with Gasteiger partial charge in [-0.15, -0.1) is 0 Å². The van der Waals surface area contributed by atoms with Crippen LogP contribution in [0.5, 0.6) is 17.2 Å². The van der Waals surface area contributed by atoms with E-state index in [0.29, 0.717) is 12.1 Å². The Balaban J connectivity index is 1.16. The van der Waals surface area contributed by atoms with E-state index in [0.717, 1.165) is 61.5 Å². The van der Waals surface area contributed by atoms with Crippen LogP contribution < -0.4 is 14.8 Å². The number of fused-ring (bicyclic) bond motifs is 1. The number of likely N-dealkylation sites (tertiary alicyclic amines) is 1. The summed E-state index contributed by atoms with van der Waals surface area (Å²) < 4.78 is 12.2. The highest BCUT2D eigenvalue weighted by atomic mass is 35.5. The van der Waals surface area contributed by atoms with Crippen LogP contribution in [0.2, 0.25) is 5.02 Å². The normalized spacial score (nSPS) is 20.9. The van der Waals surface area contributed by atoms with Gasteiger partial charge in [0.2, 0.25) is 0 Å². The zero-order valence-corrected chi connectivity index (χ0v) is 20.1. The molecule has 1 aliphatic carbocycles. The van der Waals surface area contributed by atoms with Gasteiger partial charge in [0.1, 0.15) is 35.1 Å². The van der Waals surface area contributed by atoms with Crippen molar-refractivity contribution >= 4 is 17.5 Å². The van der Waals surface area contributed by atoms with Crippen LogP contribution in [0.1, 0.15) is 48.5 Å². The monoisotopic (exact) mass is 486 g/mol. The van der Waals surface area contributed by atoms with Crippen molar-refractivity contribution in [2.45, 2.75) is 56.3 Å². The summed E-state index contributed by atoms with van der Waals surface area (Å²) in [5, 5.41) is 24.6. The van der Waals surface area contributed by atoms with Gasteiger partial charge in [-0.3, -0.25) is 4.79 Å². The maximum absolute atomic E-state index is 12.5. The van der Waals surface area contributed by atoms with Crippen LogP contribution in [0, 0.1) is 0 Å². The Morgan fingerprint density at radius 3 is 2.76 bits per heavy atom. The van der Waals surface area contributed by atoms with Crippen molar-refractivity contribution in [2.24, 2.45) is 0 Å². The molecule has 34 heavy (non-hydrogen) atoms. The lowest BCUT2D eigenvalue weighted by Gasteiger charge is -2.41. The molecule has 0 unspecified atom stereocenters. The third-order valence-corrected chi connectivity index (χ3v) is 7.09. The number of piperidine rings is 1. The van der Waals surface area contributed by atoms with Crippen molar-refractivity contribution in [3.05, 3.63) is 52.5 Å². The predicted octanol–water partition coefficient (Wildman–Crippen LogP) is 3.54. The van der Waals surface area contributed by atoms with Gasteiger partial charge in [0.05, 0.1) is 5.56 Å². The predicted molar refractivity (Wildman–Crippen MR) is 129 cm³/mol. The molecule has 7 nitrogen and oxygen atoms in total. The molecule has 0 aromatic heterocycles. The van der Waals surface area contributed by atoms with E-state index in [2.05, 4.69) is 10.2 Å². The van der Waals surface area contributed by atoms with E-state index in [4.69, 9.17) is 21.1 Å². The van der Waals surface area contributed by atoms with Gasteiger partial charge >= 0.3 is 0 Å². The Labute approximate surface area is 204 Å². The average Bonchev–Trinajstić information content (AvgIpc) is 3.53. The van der Waals surface area contributed by atoms with Gasteiger partial charge in [0.15, 0.2) is 0 Å². The van der Waals surface area contributed by atoms with Gasteiger partial charge < -0.3 is 29.9 Å². The fraction of sp³-hybridized carbons (Fsp3) is 0.500. The number of phenolic OH excluding ortho intramolecular Hbond substituents is 1. The Kier molecular flexibility index (Phi) is 6.12. The molecular formula is C26H31ClN2O5. The quantitative estimate of drug-likeness (QED) is 0.554. The van der Waals surface area contributed by atoms with Crippen LogP contribution in [-0.4, -0.2) is 64.5 Å². The molecule has 2 aromatic carbocycles. The number of aliphatic hydroxyl groups is 1. The molecule has 2 heterocycles. The van der Waals surface area contributed by atoms with Crippen LogP contribution in [0.25, 0.3) is 0 Å². The van der Waals surface area contributed by atoms with Gasteiger partial charge in [-0.2, -0.15) is 0 Å². The number of phenols is 1. The first-order valence-electron chi connectivity index (χ1n) is 11.9. The number of aromatic hydroxyl groups is 1. The minimum absolute atomic E-state index is 0.00223. The smallest absolute Gasteiger partial charge is 0.255 e. The van der Waals surface area contributed by atoms with Gasteiger partial charge in [0.25, 0.3) is 5.91 Å². The molecule has 182 valence electrons. The van der Waals surface area contributed by atoms with Gasteiger partial charge in [-0.25, -0.2) is 0 Å². The molecule has 2 fully saturated rings. The van der Waals surface area contributed by atoms with E-state index in [1.807, 2.05) is 18.2 Å². The summed E-state index contributed by atoms with van der Waals surface area (Å²) >= 11 is 6.14. The number of hydrogen-bond donors (Lipinski definition) is 3. The molecule has 1 spiro atoms. The number of hydrogen-bond acceptors (Lipinski definition) is 6. The maximum Gasteiger partial charge on any atom is 0.255 e. The fourth-order valence-electron chi connectivity index (χ4n) is 4.87. The number of nitrogens with one attached hydrogen (secondary N) is 1. The average molecular weight is 487 g/mol. The highest BCUT2D eigenvalue weighted by Crippen LogP contribution is 2.42. The van der Waals surface area contributed by atoms with Crippen molar-refractivity contribution in [1.29, 1.82) is 0 Å². The summed E-state index contributed by atoms with van der Waals surface area (Å²) in [5.74, 6) is 0.979. The van der Waals surface area contributed by atoms with Crippen molar-refractivity contribution in [3.8, 4) is 17.2 Å². The molecule has 1 amide bonds. The molecule has 8 heteroatoms.